The van der Waals surface area contributed by atoms with Crippen molar-refractivity contribution in [1.82, 2.24) is 4.98 Å². The number of hydrogen-bond acceptors (Lipinski definition) is 6. The number of aromatic amines is 1. The number of non-ortho nitro benzene ring substituents is 1. The number of rotatable bonds is 7. The maximum absolute atomic E-state index is 13.4. The van der Waals surface area contributed by atoms with Crippen LogP contribution in [0.5, 0.6) is 0 Å². The van der Waals surface area contributed by atoms with Gasteiger partial charge in [-0.05, 0) is 30.2 Å². The van der Waals surface area contributed by atoms with Gasteiger partial charge < -0.3 is 15.4 Å². The van der Waals surface area contributed by atoms with Gasteiger partial charge in [-0.2, -0.15) is 0 Å². The van der Waals surface area contributed by atoms with E-state index in [1.165, 1.54) is 18.2 Å². The van der Waals surface area contributed by atoms with Crippen LogP contribution < -0.4 is 10.7 Å². The number of nitrogens with one attached hydrogen (secondary N) is 2. The predicted octanol–water partition coefficient (Wildman–Crippen LogP) is 5.41. The molecule has 166 valence electrons. The molecule has 3 rings (SSSR count). The Hall–Kier alpha value is -3.43. The van der Waals surface area contributed by atoms with E-state index >= 15 is 0 Å². The number of halogens is 2. The Morgan fingerprint density at radius 3 is 2.47 bits per heavy atom. The Labute approximate surface area is 191 Å². The second-order valence-corrected chi connectivity index (χ2v) is 8.26. The molecule has 32 heavy (non-hydrogen) atoms. The molecule has 0 spiro atoms. The Bertz CT molecular complexity index is 1330. The number of nitro benzene ring substituents is 1. The number of pyridine rings is 1. The SMILES string of the molecule is CC(C)CC(=O)c1c(Nc2ccc(Cl)cc2Cl)[nH]c2c(C(=O)O)ccc([N+](=O)[O-])c2c1=O. The molecule has 3 N–H and O–H groups in total. The van der Waals surface area contributed by atoms with E-state index in [1.54, 1.807) is 13.8 Å². The molecule has 0 atom stereocenters. The number of carboxylic acid groups (broad SMARTS) is 1. The van der Waals surface area contributed by atoms with Crippen molar-refractivity contribution in [2.75, 3.05) is 5.32 Å². The number of benzene rings is 2. The minimum Gasteiger partial charge on any atom is -0.478 e. The Kier molecular flexibility index (Phi) is 6.52. The highest BCUT2D eigenvalue weighted by Crippen LogP contribution is 2.32. The molecule has 3 aromatic rings. The molecule has 0 aliphatic carbocycles. The second-order valence-electron chi connectivity index (χ2n) is 7.42. The number of H-pyrrole nitrogens is 1. The van der Waals surface area contributed by atoms with Crippen LogP contribution in [0.2, 0.25) is 10.0 Å². The van der Waals surface area contributed by atoms with Crippen LogP contribution in [0.4, 0.5) is 17.2 Å². The lowest BCUT2D eigenvalue weighted by molar-refractivity contribution is -0.383. The molecule has 1 aromatic heterocycles. The normalized spacial score (nSPS) is 11.0. The van der Waals surface area contributed by atoms with Crippen molar-refractivity contribution in [3.8, 4) is 0 Å². The number of aromatic nitrogens is 1. The molecule has 0 saturated carbocycles. The van der Waals surface area contributed by atoms with Gasteiger partial charge in [0.1, 0.15) is 16.8 Å². The van der Waals surface area contributed by atoms with E-state index < -0.39 is 33.2 Å². The van der Waals surface area contributed by atoms with Gasteiger partial charge in [-0.15, -0.1) is 0 Å². The first kappa shape index (κ1) is 23.2. The molecular formula is C21H17Cl2N3O6. The van der Waals surface area contributed by atoms with Crippen LogP contribution in [0.15, 0.2) is 35.1 Å². The number of hydrogen-bond donors (Lipinski definition) is 3. The standard InChI is InChI=1S/C21H17Cl2N3O6/c1-9(2)7-15(27)17-19(28)16-14(26(31)32)6-4-11(21(29)30)18(16)25-20(17)24-13-5-3-10(22)8-12(13)23/h3-6,8-9H,7H2,1-2H3,(H,29,30)(H2,24,25,28). The van der Waals surface area contributed by atoms with Crippen molar-refractivity contribution in [2.45, 2.75) is 20.3 Å². The van der Waals surface area contributed by atoms with E-state index in [1.807, 2.05) is 0 Å². The maximum Gasteiger partial charge on any atom is 0.337 e. The summed E-state index contributed by atoms with van der Waals surface area (Å²) in [7, 11) is 0. The summed E-state index contributed by atoms with van der Waals surface area (Å²) in [5.41, 5.74) is -2.29. The number of ketones is 1. The van der Waals surface area contributed by atoms with Gasteiger partial charge in [0.15, 0.2) is 5.78 Å². The minimum atomic E-state index is -1.41. The zero-order valence-electron chi connectivity index (χ0n) is 16.9. The van der Waals surface area contributed by atoms with Crippen LogP contribution >= 0.6 is 23.2 Å². The lowest BCUT2D eigenvalue weighted by Gasteiger charge is -2.15. The van der Waals surface area contributed by atoms with Gasteiger partial charge >= 0.3 is 5.97 Å². The molecule has 0 fully saturated rings. The zero-order chi connectivity index (χ0) is 23.7. The monoisotopic (exact) mass is 477 g/mol. The number of anilines is 2. The summed E-state index contributed by atoms with van der Waals surface area (Å²) in [5, 5.41) is 24.0. The van der Waals surface area contributed by atoms with Crippen molar-refractivity contribution in [3.63, 3.8) is 0 Å². The molecule has 11 heteroatoms. The average Bonchev–Trinajstić information content (AvgIpc) is 2.68. The van der Waals surface area contributed by atoms with Crippen molar-refractivity contribution < 1.29 is 19.6 Å². The first-order valence-electron chi connectivity index (χ1n) is 9.37. The molecule has 0 radical (unpaired) electrons. The smallest absolute Gasteiger partial charge is 0.337 e. The summed E-state index contributed by atoms with van der Waals surface area (Å²) >= 11 is 12.1. The van der Waals surface area contributed by atoms with Gasteiger partial charge in [0.2, 0.25) is 5.43 Å². The van der Waals surface area contributed by atoms with Crippen molar-refractivity contribution in [2.24, 2.45) is 5.92 Å². The number of carbonyl (C=O) groups is 2. The summed E-state index contributed by atoms with van der Waals surface area (Å²) in [6, 6.07) is 6.43. The van der Waals surface area contributed by atoms with E-state index in [9.17, 15) is 29.6 Å². The van der Waals surface area contributed by atoms with Crippen LogP contribution in [0.3, 0.4) is 0 Å². The molecule has 0 aliphatic rings. The summed E-state index contributed by atoms with van der Waals surface area (Å²) < 4.78 is 0. The number of nitrogens with zero attached hydrogens (tertiary/aromatic N) is 1. The fraction of sp³-hybridized carbons (Fsp3) is 0.190. The van der Waals surface area contributed by atoms with Gasteiger partial charge in [0, 0.05) is 17.5 Å². The van der Waals surface area contributed by atoms with E-state index in [0.717, 1.165) is 12.1 Å². The molecule has 0 unspecified atom stereocenters. The van der Waals surface area contributed by atoms with Crippen LogP contribution in [-0.2, 0) is 0 Å². The van der Waals surface area contributed by atoms with Gasteiger partial charge in [0.05, 0.1) is 26.7 Å². The van der Waals surface area contributed by atoms with E-state index in [0.29, 0.717) is 5.02 Å². The average molecular weight is 478 g/mol. The molecule has 0 bridgehead atoms. The number of aromatic carboxylic acids is 1. The van der Waals surface area contributed by atoms with Crippen LogP contribution in [-0.4, -0.2) is 26.8 Å². The lowest BCUT2D eigenvalue weighted by atomic mass is 9.98. The highest BCUT2D eigenvalue weighted by Gasteiger charge is 2.27. The van der Waals surface area contributed by atoms with Gasteiger partial charge in [-0.1, -0.05) is 37.0 Å². The van der Waals surface area contributed by atoms with Crippen LogP contribution in [0.1, 0.15) is 41.0 Å². The topological polar surface area (TPSA) is 142 Å². The molecular weight excluding hydrogens is 461 g/mol. The molecule has 0 aliphatic heterocycles. The van der Waals surface area contributed by atoms with Crippen LogP contribution in [0, 0.1) is 16.0 Å². The first-order chi connectivity index (χ1) is 15.0. The van der Waals surface area contributed by atoms with Gasteiger partial charge in [0.25, 0.3) is 5.69 Å². The maximum atomic E-state index is 13.4. The van der Waals surface area contributed by atoms with Crippen molar-refractivity contribution >= 4 is 63.0 Å². The van der Waals surface area contributed by atoms with Gasteiger partial charge in [-0.25, -0.2) is 4.79 Å². The largest absolute Gasteiger partial charge is 0.478 e. The fourth-order valence-electron chi connectivity index (χ4n) is 3.27. The predicted molar refractivity (Wildman–Crippen MR) is 122 cm³/mol. The molecule has 0 saturated heterocycles. The summed E-state index contributed by atoms with van der Waals surface area (Å²) in [5.74, 6) is -2.20. The Morgan fingerprint density at radius 2 is 1.91 bits per heavy atom. The molecule has 1 heterocycles. The minimum absolute atomic E-state index is 0.00989. The molecule has 0 amide bonds. The van der Waals surface area contributed by atoms with Crippen molar-refractivity contribution in [1.29, 1.82) is 0 Å². The van der Waals surface area contributed by atoms with Crippen molar-refractivity contribution in [3.05, 3.63) is 71.8 Å². The highest BCUT2D eigenvalue weighted by molar-refractivity contribution is 6.36. The van der Waals surface area contributed by atoms with E-state index in [-0.39, 0.29) is 45.5 Å². The Balaban J connectivity index is 2.41. The third kappa shape index (κ3) is 4.44. The second kappa shape index (κ2) is 8.97. The number of Topliss-reactive ketones (excluding diaryl/α,β-unsaturated/α-hetero) is 1. The van der Waals surface area contributed by atoms with Gasteiger partial charge in [-0.3, -0.25) is 19.7 Å². The first-order valence-corrected chi connectivity index (χ1v) is 10.1. The number of carboxylic acids is 1. The van der Waals surface area contributed by atoms with E-state index in [2.05, 4.69) is 10.3 Å². The number of fused-ring (bicyclic) bond motifs is 1. The summed E-state index contributed by atoms with van der Waals surface area (Å²) in [6.45, 7) is 3.56. The third-order valence-corrected chi connectivity index (χ3v) is 5.18. The highest BCUT2D eigenvalue weighted by atomic mass is 35.5. The Morgan fingerprint density at radius 1 is 1.22 bits per heavy atom. The number of nitro groups is 1. The third-order valence-electron chi connectivity index (χ3n) is 4.63. The summed E-state index contributed by atoms with van der Waals surface area (Å²) in [4.78, 5) is 51.5. The zero-order valence-corrected chi connectivity index (χ0v) is 18.4. The lowest BCUT2D eigenvalue weighted by Crippen LogP contribution is -2.22. The quantitative estimate of drug-likeness (QED) is 0.234. The molecule has 2 aromatic carbocycles. The van der Waals surface area contributed by atoms with E-state index in [4.69, 9.17) is 23.2 Å². The van der Waals surface area contributed by atoms with Crippen LogP contribution in [0.25, 0.3) is 10.9 Å². The fourth-order valence-corrected chi connectivity index (χ4v) is 3.72. The summed E-state index contributed by atoms with van der Waals surface area (Å²) in [6.07, 6.45) is -0.00989. The molecule has 9 nitrogen and oxygen atoms in total. The number of carbonyl (C=O) groups excluding carboxylic acids is 1.